The molecule has 0 aliphatic carbocycles. The Labute approximate surface area is 151 Å². The van der Waals surface area contributed by atoms with Crippen molar-refractivity contribution >= 4 is 23.0 Å². The van der Waals surface area contributed by atoms with Gasteiger partial charge in [-0.2, -0.15) is 5.10 Å². The topological polar surface area (TPSA) is 75.7 Å². The molecule has 0 saturated heterocycles. The highest BCUT2D eigenvalue weighted by molar-refractivity contribution is 5.91. The van der Waals surface area contributed by atoms with Crippen molar-refractivity contribution in [1.82, 2.24) is 10.4 Å². The van der Waals surface area contributed by atoms with E-state index in [0.29, 0.717) is 0 Å². The second kappa shape index (κ2) is 7.74. The van der Waals surface area contributed by atoms with Gasteiger partial charge in [0.1, 0.15) is 11.5 Å². The van der Waals surface area contributed by atoms with Crippen molar-refractivity contribution in [2.45, 2.75) is 13.3 Å². The Morgan fingerprint density at radius 2 is 1.92 bits per heavy atom. The number of aromatic amines is 1. The Morgan fingerprint density at radius 3 is 2.69 bits per heavy atom. The van der Waals surface area contributed by atoms with E-state index in [1.54, 1.807) is 20.4 Å². The first-order valence-electron chi connectivity index (χ1n) is 8.22. The van der Waals surface area contributed by atoms with Gasteiger partial charge in [0.05, 0.1) is 26.9 Å². The molecule has 3 aromatic rings. The summed E-state index contributed by atoms with van der Waals surface area (Å²) in [5, 5.41) is 5.01. The van der Waals surface area contributed by atoms with E-state index in [1.165, 1.54) is 0 Å². The van der Waals surface area contributed by atoms with Crippen LogP contribution in [0.25, 0.3) is 10.9 Å². The monoisotopic (exact) mass is 351 g/mol. The molecule has 2 N–H and O–H groups in total. The van der Waals surface area contributed by atoms with Crippen LogP contribution in [0.1, 0.15) is 16.8 Å². The van der Waals surface area contributed by atoms with Gasteiger partial charge in [-0.25, -0.2) is 5.43 Å². The molecule has 0 fully saturated rings. The molecule has 0 radical (unpaired) electrons. The lowest BCUT2D eigenvalue weighted by Crippen LogP contribution is -2.20. The number of carbonyl (C=O) groups excluding carboxylic acids is 1. The van der Waals surface area contributed by atoms with Crippen molar-refractivity contribution in [3.63, 3.8) is 0 Å². The lowest BCUT2D eigenvalue weighted by molar-refractivity contribution is -0.120. The molecule has 0 unspecified atom stereocenters. The quantitative estimate of drug-likeness (QED) is 0.529. The number of H-pyrrole nitrogens is 1. The first kappa shape index (κ1) is 17.5. The number of aromatic nitrogens is 1. The summed E-state index contributed by atoms with van der Waals surface area (Å²) in [6.45, 7) is 1.95. The number of benzene rings is 2. The second-order valence-corrected chi connectivity index (χ2v) is 5.89. The fourth-order valence-corrected chi connectivity index (χ4v) is 2.82. The van der Waals surface area contributed by atoms with Gasteiger partial charge in [-0.3, -0.25) is 4.79 Å². The van der Waals surface area contributed by atoms with E-state index in [9.17, 15) is 4.79 Å². The van der Waals surface area contributed by atoms with Crippen LogP contribution in [0.4, 0.5) is 0 Å². The van der Waals surface area contributed by atoms with Crippen LogP contribution in [0, 0.1) is 6.92 Å². The van der Waals surface area contributed by atoms with Crippen LogP contribution in [0.5, 0.6) is 11.5 Å². The van der Waals surface area contributed by atoms with Gasteiger partial charge in [-0.15, -0.1) is 0 Å². The first-order chi connectivity index (χ1) is 12.6. The third kappa shape index (κ3) is 3.85. The third-order valence-corrected chi connectivity index (χ3v) is 4.16. The van der Waals surface area contributed by atoms with Crippen molar-refractivity contribution < 1.29 is 14.3 Å². The number of ether oxygens (including phenoxy) is 2. The number of hydrogen-bond donors (Lipinski definition) is 2. The lowest BCUT2D eigenvalue weighted by atomic mass is 10.1. The van der Waals surface area contributed by atoms with Gasteiger partial charge in [-0.05, 0) is 48.4 Å². The van der Waals surface area contributed by atoms with Crippen LogP contribution in [-0.2, 0) is 11.2 Å². The minimum Gasteiger partial charge on any atom is -0.497 e. The average Bonchev–Trinajstić information content (AvgIpc) is 2.96. The van der Waals surface area contributed by atoms with Crippen LogP contribution in [0.2, 0.25) is 0 Å². The Bertz CT molecular complexity index is 960. The number of hydrogen-bond acceptors (Lipinski definition) is 4. The molecule has 1 aromatic heterocycles. The molecule has 2 aromatic carbocycles. The molecule has 6 heteroatoms. The number of hydrazone groups is 1. The largest absolute Gasteiger partial charge is 0.497 e. The Hall–Kier alpha value is -3.28. The van der Waals surface area contributed by atoms with Crippen molar-refractivity contribution in [3.8, 4) is 11.5 Å². The summed E-state index contributed by atoms with van der Waals surface area (Å²) in [7, 11) is 3.23. The van der Waals surface area contributed by atoms with Gasteiger partial charge in [0.2, 0.25) is 5.91 Å². The number of amides is 1. The number of aryl methyl sites for hydroxylation is 1. The summed E-state index contributed by atoms with van der Waals surface area (Å²) < 4.78 is 10.4. The molecule has 0 saturated carbocycles. The fraction of sp³-hybridized carbons (Fsp3) is 0.200. The van der Waals surface area contributed by atoms with Crippen molar-refractivity contribution in [3.05, 3.63) is 59.3 Å². The van der Waals surface area contributed by atoms with Crippen molar-refractivity contribution in [2.75, 3.05) is 14.2 Å². The van der Waals surface area contributed by atoms with Crippen LogP contribution >= 0.6 is 0 Å². The first-order valence-corrected chi connectivity index (χ1v) is 8.22. The maximum absolute atomic E-state index is 12.3. The molecule has 26 heavy (non-hydrogen) atoms. The van der Waals surface area contributed by atoms with Crippen LogP contribution < -0.4 is 14.9 Å². The van der Waals surface area contributed by atoms with Crippen molar-refractivity contribution in [2.24, 2.45) is 5.10 Å². The van der Waals surface area contributed by atoms with Crippen LogP contribution in [0.3, 0.4) is 0 Å². The van der Waals surface area contributed by atoms with E-state index in [-0.39, 0.29) is 12.3 Å². The van der Waals surface area contributed by atoms with Gasteiger partial charge in [0.25, 0.3) is 0 Å². The Kier molecular flexibility index (Phi) is 5.22. The van der Waals surface area contributed by atoms with Gasteiger partial charge in [0, 0.05) is 16.6 Å². The highest BCUT2D eigenvalue weighted by Crippen LogP contribution is 2.26. The molecule has 3 rings (SSSR count). The minimum absolute atomic E-state index is 0.184. The molecular weight excluding hydrogens is 330 g/mol. The normalized spacial score (nSPS) is 11.0. The summed E-state index contributed by atoms with van der Waals surface area (Å²) in [5.74, 6) is 1.31. The number of nitrogens with zero attached hydrogens (tertiary/aromatic N) is 1. The number of fused-ring (bicyclic) bond motifs is 1. The molecular formula is C20H21N3O3. The Balaban J connectivity index is 1.71. The summed E-state index contributed by atoms with van der Waals surface area (Å²) in [6.07, 6.45) is 1.82. The van der Waals surface area contributed by atoms with Gasteiger partial charge in [0.15, 0.2) is 0 Å². The lowest BCUT2D eigenvalue weighted by Gasteiger charge is -2.03. The third-order valence-electron chi connectivity index (χ3n) is 4.16. The van der Waals surface area contributed by atoms with E-state index in [0.717, 1.165) is 39.2 Å². The average molecular weight is 351 g/mol. The second-order valence-electron chi connectivity index (χ2n) is 5.89. The highest BCUT2D eigenvalue weighted by atomic mass is 16.5. The zero-order chi connectivity index (χ0) is 18.5. The van der Waals surface area contributed by atoms with E-state index < -0.39 is 0 Å². The summed E-state index contributed by atoms with van der Waals surface area (Å²) in [4.78, 5) is 15.6. The van der Waals surface area contributed by atoms with Crippen molar-refractivity contribution in [1.29, 1.82) is 0 Å². The molecule has 0 spiro atoms. The number of carbonyl (C=O) groups is 1. The van der Waals surface area contributed by atoms with E-state index in [1.807, 2.05) is 49.4 Å². The molecule has 0 aliphatic rings. The minimum atomic E-state index is -0.184. The molecule has 0 bridgehead atoms. The van der Waals surface area contributed by atoms with Gasteiger partial charge >= 0.3 is 0 Å². The summed E-state index contributed by atoms with van der Waals surface area (Å²) in [5.41, 5.74) is 6.29. The number of rotatable bonds is 6. The zero-order valence-corrected chi connectivity index (χ0v) is 15.0. The molecule has 0 atom stereocenters. The number of methoxy groups -OCH3 is 2. The summed E-state index contributed by atoms with van der Waals surface area (Å²) in [6, 6.07) is 13.2. The molecule has 6 nitrogen and oxygen atoms in total. The molecule has 1 heterocycles. The smallest absolute Gasteiger partial charge is 0.244 e. The molecule has 1 amide bonds. The Morgan fingerprint density at radius 1 is 1.15 bits per heavy atom. The maximum atomic E-state index is 12.3. The standard InChI is InChI=1S/C20H21N3O3/c1-13-17(18-10-16(26-3)7-8-19(18)22-13)11-20(24)23-21-12-14-5-4-6-15(9-14)25-2/h4-10,12,22H,11H2,1-3H3,(H,23,24)/b21-12+. The van der Waals surface area contributed by atoms with E-state index in [4.69, 9.17) is 9.47 Å². The predicted octanol–water partition coefficient (Wildman–Crippen LogP) is 3.19. The SMILES string of the molecule is COc1cccc(/C=N/NC(=O)Cc2c(C)[nH]c3ccc(OC)cc23)c1. The summed E-state index contributed by atoms with van der Waals surface area (Å²) >= 11 is 0. The van der Waals surface area contributed by atoms with Gasteiger partial charge < -0.3 is 14.5 Å². The molecule has 134 valence electrons. The zero-order valence-electron chi connectivity index (χ0n) is 15.0. The van der Waals surface area contributed by atoms with E-state index in [2.05, 4.69) is 15.5 Å². The van der Waals surface area contributed by atoms with Crippen LogP contribution in [0.15, 0.2) is 47.6 Å². The predicted molar refractivity (Wildman–Crippen MR) is 102 cm³/mol. The van der Waals surface area contributed by atoms with Gasteiger partial charge in [-0.1, -0.05) is 12.1 Å². The fourth-order valence-electron chi connectivity index (χ4n) is 2.82. The maximum Gasteiger partial charge on any atom is 0.244 e. The highest BCUT2D eigenvalue weighted by Gasteiger charge is 2.13. The molecule has 0 aliphatic heterocycles. The van der Waals surface area contributed by atoms with Crippen LogP contribution in [-0.4, -0.2) is 31.3 Å². The van der Waals surface area contributed by atoms with E-state index >= 15 is 0 Å². The number of nitrogens with one attached hydrogen (secondary N) is 2.